The lowest BCUT2D eigenvalue weighted by Crippen LogP contribution is -2.33. The highest BCUT2D eigenvalue weighted by Crippen LogP contribution is 2.28. The highest BCUT2D eigenvalue weighted by Gasteiger charge is 2.23. The molecule has 0 fully saturated rings. The lowest BCUT2D eigenvalue weighted by molar-refractivity contribution is 0.306. The SMILES string of the molecule is Cc1cc(C)c(NCCC(C)(C)/C(N)=N/O)c(Br)c1. The van der Waals surface area contributed by atoms with E-state index in [2.05, 4.69) is 52.4 Å². The average molecular weight is 328 g/mol. The predicted octanol–water partition coefficient (Wildman–Crippen LogP) is 3.64. The molecule has 0 saturated carbocycles. The van der Waals surface area contributed by atoms with Crippen molar-refractivity contribution in [1.29, 1.82) is 0 Å². The standard InChI is InChI=1S/C14H22BrN3O/c1-9-7-10(2)12(11(15)8-9)17-6-5-14(3,4)13(16)18-19/h7-8,17,19H,5-6H2,1-4H3,(H2,16,18). The van der Waals surface area contributed by atoms with Crippen molar-refractivity contribution >= 4 is 27.5 Å². The molecule has 0 saturated heterocycles. The highest BCUT2D eigenvalue weighted by atomic mass is 79.9. The molecule has 0 bridgehead atoms. The lowest BCUT2D eigenvalue weighted by atomic mass is 9.88. The highest BCUT2D eigenvalue weighted by molar-refractivity contribution is 9.10. The molecule has 106 valence electrons. The van der Waals surface area contributed by atoms with Crippen LogP contribution >= 0.6 is 15.9 Å². The van der Waals surface area contributed by atoms with Gasteiger partial charge in [0.25, 0.3) is 0 Å². The first-order valence-corrected chi connectivity index (χ1v) is 7.06. The third-order valence-electron chi connectivity index (χ3n) is 3.28. The Labute approximate surface area is 123 Å². The van der Waals surface area contributed by atoms with Crippen molar-refractivity contribution in [2.75, 3.05) is 11.9 Å². The van der Waals surface area contributed by atoms with Gasteiger partial charge >= 0.3 is 0 Å². The Bertz CT molecular complexity index is 461. The minimum Gasteiger partial charge on any atom is -0.409 e. The van der Waals surface area contributed by atoms with E-state index in [1.165, 1.54) is 11.1 Å². The van der Waals surface area contributed by atoms with Crippen LogP contribution < -0.4 is 11.1 Å². The van der Waals surface area contributed by atoms with E-state index in [0.29, 0.717) is 0 Å². The molecule has 0 radical (unpaired) electrons. The van der Waals surface area contributed by atoms with E-state index in [1.807, 2.05) is 13.8 Å². The first-order chi connectivity index (χ1) is 8.77. The molecule has 0 aliphatic carbocycles. The van der Waals surface area contributed by atoms with Crippen molar-refractivity contribution in [2.24, 2.45) is 16.3 Å². The number of anilines is 1. The molecule has 0 spiro atoms. The number of aryl methyl sites for hydroxylation is 2. The van der Waals surface area contributed by atoms with Crippen molar-refractivity contribution in [3.8, 4) is 0 Å². The number of hydrogen-bond donors (Lipinski definition) is 3. The van der Waals surface area contributed by atoms with Crippen LogP contribution in [0.15, 0.2) is 21.8 Å². The molecule has 0 aromatic heterocycles. The van der Waals surface area contributed by atoms with Crippen molar-refractivity contribution in [3.63, 3.8) is 0 Å². The van der Waals surface area contributed by atoms with Gasteiger partial charge < -0.3 is 16.3 Å². The second-order valence-electron chi connectivity index (χ2n) is 5.48. The molecule has 0 aliphatic heterocycles. The minimum atomic E-state index is -0.327. The molecule has 0 amide bonds. The predicted molar refractivity (Wildman–Crippen MR) is 83.9 cm³/mol. The second kappa shape index (κ2) is 6.28. The zero-order valence-corrected chi connectivity index (χ0v) is 13.5. The Kier molecular flexibility index (Phi) is 5.23. The van der Waals surface area contributed by atoms with Crippen molar-refractivity contribution in [3.05, 3.63) is 27.7 Å². The summed E-state index contributed by atoms with van der Waals surface area (Å²) in [4.78, 5) is 0. The molecule has 1 rings (SSSR count). The van der Waals surface area contributed by atoms with Gasteiger partial charge in [-0.1, -0.05) is 25.1 Å². The van der Waals surface area contributed by atoms with Crippen LogP contribution in [0.2, 0.25) is 0 Å². The van der Waals surface area contributed by atoms with Gasteiger partial charge in [-0.3, -0.25) is 0 Å². The molecule has 1 aromatic carbocycles. The third-order valence-corrected chi connectivity index (χ3v) is 3.91. The van der Waals surface area contributed by atoms with Crippen molar-refractivity contribution < 1.29 is 5.21 Å². The molecule has 0 heterocycles. The van der Waals surface area contributed by atoms with Crippen LogP contribution in [0.1, 0.15) is 31.4 Å². The van der Waals surface area contributed by atoms with Crippen molar-refractivity contribution in [2.45, 2.75) is 34.1 Å². The normalized spacial score (nSPS) is 12.6. The maximum absolute atomic E-state index is 8.74. The van der Waals surface area contributed by atoms with Crippen LogP contribution in [-0.2, 0) is 0 Å². The monoisotopic (exact) mass is 327 g/mol. The van der Waals surface area contributed by atoms with Crippen LogP contribution in [-0.4, -0.2) is 17.6 Å². The lowest BCUT2D eigenvalue weighted by Gasteiger charge is -2.23. The number of amidine groups is 1. The van der Waals surface area contributed by atoms with Gasteiger partial charge in [0.2, 0.25) is 0 Å². The first-order valence-electron chi connectivity index (χ1n) is 6.26. The fourth-order valence-electron chi connectivity index (χ4n) is 1.90. The fraction of sp³-hybridized carbons (Fsp3) is 0.500. The van der Waals surface area contributed by atoms with Crippen LogP contribution in [0.5, 0.6) is 0 Å². The third kappa shape index (κ3) is 4.13. The molecule has 1 aromatic rings. The number of benzene rings is 1. The zero-order chi connectivity index (χ0) is 14.6. The molecule has 0 aliphatic rings. The number of nitrogens with zero attached hydrogens (tertiary/aromatic N) is 1. The Morgan fingerprint density at radius 1 is 1.42 bits per heavy atom. The van der Waals surface area contributed by atoms with Gasteiger partial charge in [0.05, 0.1) is 5.69 Å². The molecular weight excluding hydrogens is 306 g/mol. The van der Waals surface area contributed by atoms with Gasteiger partial charge in [-0.25, -0.2) is 0 Å². The summed E-state index contributed by atoms with van der Waals surface area (Å²) in [6.07, 6.45) is 0.780. The maximum atomic E-state index is 8.74. The number of hydrogen-bond acceptors (Lipinski definition) is 3. The summed E-state index contributed by atoms with van der Waals surface area (Å²) in [5, 5.41) is 15.2. The van der Waals surface area contributed by atoms with Gasteiger partial charge in [-0.15, -0.1) is 0 Å². The van der Waals surface area contributed by atoms with E-state index in [4.69, 9.17) is 10.9 Å². The van der Waals surface area contributed by atoms with Gasteiger partial charge in [0, 0.05) is 16.4 Å². The Morgan fingerprint density at radius 2 is 2.05 bits per heavy atom. The van der Waals surface area contributed by atoms with E-state index in [1.54, 1.807) is 0 Å². The van der Waals surface area contributed by atoms with Gasteiger partial charge in [0.1, 0.15) is 5.84 Å². The summed E-state index contributed by atoms with van der Waals surface area (Å²) in [5.41, 5.74) is 8.88. The number of rotatable bonds is 5. The second-order valence-corrected chi connectivity index (χ2v) is 6.34. The summed E-state index contributed by atoms with van der Waals surface area (Å²) < 4.78 is 1.06. The number of nitrogens with one attached hydrogen (secondary N) is 1. The topological polar surface area (TPSA) is 70.6 Å². The summed E-state index contributed by atoms with van der Waals surface area (Å²) in [6, 6.07) is 4.23. The molecule has 4 N–H and O–H groups in total. The summed E-state index contributed by atoms with van der Waals surface area (Å²) >= 11 is 3.57. The quantitative estimate of drug-likeness (QED) is 0.334. The Balaban J connectivity index is 2.69. The number of oxime groups is 1. The van der Waals surface area contributed by atoms with E-state index < -0.39 is 0 Å². The molecule has 0 unspecified atom stereocenters. The average Bonchev–Trinajstić information content (AvgIpc) is 2.31. The first kappa shape index (κ1) is 15.8. The molecule has 0 atom stereocenters. The van der Waals surface area contributed by atoms with Crippen LogP contribution in [0, 0.1) is 19.3 Å². The smallest absolute Gasteiger partial charge is 0.144 e. The Morgan fingerprint density at radius 3 is 2.58 bits per heavy atom. The maximum Gasteiger partial charge on any atom is 0.144 e. The summed E-state index contributed by atoms with van der Waals surface area (Å²) in [5.74, 6) is 0.258. The number of nitrogens with two attached hydrogens (primary N) is 1. The van der Waals surface area contributed by atoms with Gasteiger partial charge in [-0.05, 0) is 53.4 Å². The van der Waals surface area contributed by atoms with Crippen LogP contribution in [0.4, 0.5) is 5.69 Å². The number of halogens is 1. The van der Waals surface area contributed by atoms with Crippen LogP contribution in [0.25, 0.3) is 0 Å². The molecule has 4 nitrogen and oxygen atoms in total. The molecular formula is C14H22BrN3O. The molecule has 5 heteroatoms. The fourth-order valence-corrected chi connectivity index (χ4v) is 2.72. The van der Waals surface area contributed by atoms with Gasteiger partial charge in [-0.2, -0.15) is 0 Å². The largest absolute Gasteiger partial charge is 0.409 e. The van der Waals surface area contributed by atoms with Gasteiger partial charge in [0.15, 0.2) is 0 Å². The van der Waals surface area contributed by atoms with Crippen molar-refractivity contribution in [1.82, 2.24) is 0 Å². The van der Waals surface area contributed by atoms with E-state index >= 15 is 0 Å². The molecule has 19 heavy (non-hydrogen) atoms. The summed E-state index contributed by atoms with van der Waals surface area (Å²) in [6.45, 7) is 8.82. The van der Waals surface area contributed by atoms with E-state index in [-0.39, 0.29) is 11.3 Å². The summed E-state index contributed by atoms with van der Waals surface area (Å²) in [7, 11) is 0. The Hall–Kier alpha value is -1.23. The zero-order valence-electron chi connectivity index (χ0n) is 11.9. The van der Waals surface area contributed by atoms with E-state index in [9.17, 15) is 0 Å². The van der Waals surface area contributed by atoms with Crippen LogP contribution in [0.3, 0.4) is 0 Å². The minimum absolute atomic E-state index is 0.258. The van der Waals surface area contributed by atoms with E-state index in [0.717, 1.165) is 23.1 Å².